The fraction of sp³-hybridized carbons (Fsp3) is 0.214. The van der Waals surface area contributed by atoms with Crippen molar-refractivity contribution >= 4 is 17.2 Å². The number of thiocarbonyl (C=S) groups is 1. The van der Waals surface area contributed by atoms with Crippen molar-refractivity contribution in [2.75, 3.05) is 0 Å². The fourth-order valence-electron chi connectivity index (χ4n) is 1.99. The van der Waals surface area contributed by atoms with E-state index in [4.69, 9.17) is 18.0 Å². The minimum absolute atomic E-state index is 0.0312. The summed E-state index contributed by atoms with van der Waals surface area (Å²) in [7, 11) is 0. The molecule has 1 aromatic heterocycles. The van der Waals surface area contributed by atoms with Crippen LogP contribution in [0.25, 0.3) is 0 Å². The first kappa shape index (κ1) is 15.1. The molecule has 0 aliphatic rings. The number of hydrogen-bond donors (Lipinski definition) is 2. The van der Waals surface area contributed by atoms with Crippen LogP contribution in [0, 0.1) is 19.7 Å². The molecule has 0 aliphatic carbocycles. The maximum atomic E-state index is 13.3. The van der Waals surface area contributed by atoms with E-state index < -0.39 is 5.82 Å². The number of rotatable bonds is 3. The van der Waals surface area contributed by atoms with Crippen molar-refractivity contribution in [2.24, 2.45) is 5.73 Å². The predicted octanol–water partition coefficient (Wildman–Crippen LogP) is 0.975. The predicted molar refractivity (Wildman–Crippen MR) is 82.2 cm³/mol. The molecule has 21 heavy (non-hydrogen) atoms. The summed E-state index contributed by atoms with van der Waals surface area (Å²) in [4.78, 5) is 23.9. The van der Waals surface area contributed by atoms with Crippen molar-refractivity contribution < 1.29 is 4.39 Å². The summed E-state index contributed by atoms with van der Waals surface area (Å²) >= 11 is 4.88. The zero-order valence-corrected chi connectivity index (χ0v) is 12.4. The summed E-state index contributed by atoms with van der Waals surface area (Å²) in [5.41, 5.74) is 6.56. The molecule has 0 fully saturated rings. The summed E-state index contributed by atoms with van der Waals surface area (Å²) in [6.07, 6.45) is 0. The van der Waals surface area contributed by atoms with Gasteiger partial charge in [0.05, 0.1) is 6.54 Å². The molecule has 0 aliphatic heterocycles. The standard InChI is InChI=1S/C14H14FN3O2S/c1-7-8(2)14(20)18(17-13(7)19)6-9-3-4-10(15)5-11(9)12(16)21/h3-5H,6H2,1-2H3,(H2,16,21)(H,17,19). The second-order valence-corrected chi connectivity index (χ2v) is 5.19. The van der Waals surface area contributed by atoms with E-state index in [1.807, 2.05) is 0 Å². The van der Waals surface area contributed by atoms with Gasteiger partial charge >= 0.3 is 0 Å². The van der Waals surface area contributed by atoms with Crippen LogP contribution in [0.15, 0.2) is 27.8 Å². The Morgan fingerprint density at radius 1 is 1.33 bits per heavy atom. The maximum absolute atomic E-state index is 13.3. The van der Waals surface area contributed by atoms with Crippen molar-refractivity contribution in [3.8, 4) is 0 Å². The Morgan fingerprint density at radius 2 is 2.00 bits per heavy atom. The molecule has 0 amide bonds. The third kappa shape index (κ3) is 2.92. The molecule has 0 atom stereocenters. The fourth-order valence-corrected chi connectivity index (χ4v) is 2.18. The number of aromatic nitrogens is 2. The molecular weight excluding hydrogens is 293 g/mol. The second-order valence-electron chi connectivity index (χ2n) is 4.75. The van der Waals surface area contributed by atoms with Gasteiger partial charge in [-0.2, -0.15) is 0 Å². The number of nitrogens with two attached hydrogens (primary N) is 1. The second kappa shape index (κ2) is 5.61. The highest BCUT2D eigenvalue weighted by molar-refractivity contribution is 7.80. The molecule has 7 heteroatoms. The lowest BCUT2D eigenvalue weighted by Gasteiger charge is -2.11. The molecule has 0 bridgehead atoms. The average Bonchev–Trinajstić information content (AvgIpc) is 2.44. The molecule has 1 heterocycles. The Morgan fingerprint density at radius 3 is 2.62 bits per heavy atom. The lowest BCUT2D eigenvalue weighted by atomic mass is 10.1. The van der Waals surface area contributed by atoms with Crippen LogP contribution in [0.5, 0.6) is 0 Å². The smallest absolute Gasteiger partial charge is 0.268 e. The number of nitrogens with zero attached hydrogens (tertiary/aromatic N) is 1. The van der Waals surface area contributed by atoms with Crippen LogP contribution < -0.4 is 16.9 Å². The van der Waals surface area contributed by atoms with Gasteiger partial charge < -0.3 is 5.73 Å². The van der Waals surface area contributed by atoms with Gasteiger partial charge in [-0.15, -0.1) is 0 Å². The Labute approximate surface area is 125 Å². The van der Waals surface area contributed by atoms with E-state index in [1.54, 1.807) is 13.8 Å². The van der Waals surface area contributed by atoms with E-state index in [9.17, 15) is 14.0 Å². The topological polar surface area (TPSA) is 80.9 Å². The van der Waals surface area contributed by atoms with Gasteiger partial charge in [-0.1, -0.05) is 18.3 Å². The van der Waals surface area contributed by atoms with E-state index in [-0.39, 0.29) is 22.7 Å². The molecule has 2 rings (SSSR count). The van der Waals surface area contributed by atoms with E-state index >= 15 is 0 Å². The zero-order chi connectivity index (χ0) is 15.7. The number of H-pyrrole nitrogens is 1. The van der Waals surface area contributed by atoms with Crippen LogP contribution in [0.1, 0.15) is 22.3 Å². The van der Waals surface area contributed by atoms with Gasteiger partial charge in [-0.05, 0) is 31.5 Å². The summed E-state index contributed by atoms with van der Waals surface area (Å²) in [6, 6.07) is 3.95. The largest absolute Gasteiger partial charge is 0.389 e. The maximum Gasteiger partial charge on any atom is 0.268 e. The van der Waals surface area contributed by atoms with Crippen LogP contribution in [0.3, 0.4) is 0 Å². The highest BCUT2D eigenvalue weighted by atomic mass is 32.1. The molecule has 1 aromatic carbocycles. The minimum atomic E-state index is -0.470. The Kier molecular flexibility index (Phi) is 4.04. The van der Waals surface area contributed by atoms with Crippen LogP contribution in [-0.4, -0.2) is 14.8 Å². The van der Waals surface area contributed by atoms with Crippen LogP contribution in [0.4, 0.5) is 4.39 Å². The van der Waals surface area contributed by atoms with Gasteiger partial charge in [0, 0.05) is 16.7 Å². The Balaban J connectivity index is 2.56. The molecule has 110 valence electrons. The number of aromatic amines is 1. The van der Waals surface area contributed by atoms with Crippen LogP contribution in [-0.2, 0) is 6.54 Å². The minimum Gasteiger partial charge on any atom is -0.389 e. The first-order valence-electron chi connectivity index (χ1n) is 6.20. The molecule has 0 saturated heterocycles. The monoisotopic (exact) mass is 307 g/mol. The summed E-state index contributed by atoms with van der Waals surface area (Å²) in [6.45, 7) is 3.23. The first-order valence-corrected chi connectivity index (χ1v) is 6.60. The van der Waals surface area contributed by atoms with Crippen molar-refractivity contribution in [3.05, 3.63) is 67.0 Å². The van der Waals surface area contributed by atoms with Crippen LogP contribution >= 0.6 is 12.2 Å². The zero-order valence-electron chi connectivity index (χ0n) is 11.6. The number of nitrogens with one attached hydrogen (secondary N) is 1. The van der Waals surface area contributed by atoms with Crippen molar-refractivity contribution in [1.29, 1.82) is 0 Å². The Bertz CT molecular complexity index is 839. The molecule has 0 radical (unpaired) electrons. The number of hydrogen-bond acceptors (Lipinski definition) is 3. The molecule has 0 spiro atoms. The van der Waals surface area contributed by atoms with Gasteiger partial charge in [0.15, 0.2) is 0 Å². The van der Waals surface area contributed by atoms with Gasteiger partial charge in [0.25, 0.3) is 11.1 Å². The molecule has 2 aromatic rings. The molecular formula is C14H14FN3O2S. The quantitative estimate of drug-likeness (QED) is 0.828. The summed E-state index contributed by atoms with van der Waals surface area (Å²) in [5, 5.41) is 2.48. The highest BCUT2D eigenvalue weighted by Crippen LogP contribution is 2.12. The molecule has 0 saturated carbocycles. The SMILES string of the molecule is Cc1c(C)c(=O)n(Cc2ccc(F)cc2C(N)=S)[nH]c1=O. The van der Waals surface area contributed by atoms with Gasteiger partial charge in [0.2, 0.25) is 0 Å². The summed E-state index contributed by atoms with van der Waals surface area (Å²) < 4.78 is 14.4. The van der Waals surface area contributed by atoms with Gasteiger partial charge in [0.1, 0.15) is 10.8 Å². The van der Waals surface area contributed by atoms with Crippen molar-refractivity contribution in [2.45, 2.75) is 20.4 Å². The number of halogens is 1. The molecule has 5 nitrogen and oxygen atoms in total. The normalized spacial score (nSPS) is 10.6. The van der Waals surface area contributed by atoms with E-state index in [1.165, 1.54) is 22.9 Å². The first-order chi connectivity index (χ1) is 9.81. The third-order valence-electron chi connectivity index (χ3n) is 3.37. The lowest BCUT2D eigenvalue weighted by Crippen LogP contribution is -2.34. The van der Waals surface area contributed by atoms with E-state index in [0.717, 1.165) is 0 Å². The van der Waals surface area contributed by atoms with E-state index in [0.29, 0.717) is 22.3 Å². The van der Waals surface area contributed by atoms with Crippen molar-refractivity contribution in [3.63, 3.8) is 0 Å². The van der Waals surface area contributed by atoms with E-state index in [2.05, 4.69) is 5.10 Å². The van der Waals surface area contributed by atoms with Crippen molar-refractivity contribution in [1.82, 2.24) is 9.78 Å². The average molecular weight is 307 g/mol. The van der Waals surface area contributed by atoms with Gasteiger partial charge in [-0.3, -0.25) is 14.7 Å². The third-order valence-corrected chi connectivity index (χ3v) is 3.59. The van der Waals surface area contributed by atoms with Crippen LogP contribution in [0.2, 0.25) is 0 Å². The Hall–Kier alpha value is -2.28. The highest BCUT2D eigenvalue weighted by Gasteiger charge is 2.11. The summed E-state index contributed by atoms with van der Waals surface area (Å²) in [5.74, 6) is -0.470. The molecule has 0 unspecified atom stereocenters. The van der Waals surface area contributed by atoms with Gasteiger partial charge in [-0.25, -0.2) is 9.07 Å². The number of benzene rings is 1. The molecule has 3 N–H and O–H groups in total. The lowest BCUT2D eigenvalue weighted by molar-refractivity contribution is 0.609.